The number of amides is 2. The van der Waals surface area contributed by atoms with Gasteiger partial charge in [-0.15, -0.1) is 0 Å². The summed E-state index contributed by atoms with van der Waals surface area (Å²) in [6, 6.07) is 7.64. The standard InChI is InChI=1S/C16H24N2O2/c1-5-13-7-9-14(10-8-13)16(20)18(6-2)11-15(19)17-12(3)4/h7-10,12H,5-6,11H2,1-4H3,(H,17,19). The smallest absolute Gasteiger partial charge is 0.254 e. The quantitative estimate of drug-likeness (QED) is 0.866. The Balaban J connectivity index is 2.72. The zero-order valence-electron chi connectivity index (χ0n) is 12.8. The molecule has 0 bridgehead atoms. The molecule has 1 N–H and O–H groups in total. The maximum Gasteiger partial charge on any atom is 0.254 e. The third-order valence-corrected chi connectivity index (χ3v) is 3.06. The molecule has 0 radical (unpaired) electrons. The molecule has 0 aliphatic carbocycles. The minimum atomic E-state index is -0.125. The van der Waals surface area contributed by atoms with Crippen molar-refractivity contribution in [1.29, 1.82) is 0 Å². The molecule has 0 unspecified atom stereocenters. The predicted molar refractivity (Wildman–Crippen MR) is 80.7 cm³/mol. The van der Waals surface area contributed by atoms with Crippen molar-refractivity contribution in [2.24, 2.45) is 0 Å². The second-order valence-corrected chi connectivity index (χ2v) is 5.09. The van der Waals surface area contributed by atoms with E-state index in [-0.39, 0.29) is 24.4 Å². The van der Waals surface area contributed by atoms with Gasteiger partial charge in [0.1, 0.15) is 0 Å². The molecule has 1 aromatic rings. The summed E-state index contributed by atoms with van der Waals surface area (Å²) in [5, 5.41) is 2.80. The van der Waals surface area contributed by atoms with E-state index in [1.807, 2.05) is 45.0 Å². The van der Waals surface area contributed by atoms with Crippen molar-refractivity contribution in [3.8, 4) is 0 Å². The number of nitrogens with zero attached hydrogens (tertiary/aromatic N) is 1. The molecule has 0 aliphatic heterocycles. The summed E-state index contributed by atoms with van der Waals surface area (Å²) in [6.07, 6.45) is 0.947. The van der Waals surface area contributed by atoms with Crippen molar-refractivity contribution in [1.82, 2.24) is 10.2 Å². The van der Waals surface area contributed by atoms with E-state index in [1.54, 1.807) is 4.90 Å². The number of likely N-dealkylation sites (N-methyl/N-ethyl adjacent to an activating group) is 1. The van der Waals surface area contributed by atoms with Crippen LogP contribution >= 0.6 is 0 Å². The minimum absolute atomic E-state index is 0.0835. The number of nitrogens with one attached hydrogen (secondary N) is 1. The summed E-state index contributed by atoms with van der Waals surface area (Å²) in [6.45, 7) is 8.37. The molecule has 0 aromatic heterocycles. The molecule has 0 aliphatic rings. The van der Waals surface area contributed by atoms with Gasteiger partial charge in [0.25, 0.3) is 5.91 Å². The van der Waals surface area contributed by atoms with Crippen LogP contribution in [0.2, 0.25) is 0 Å². The first kappa shape index (κ1) is 16.2. The lowest BCUT2D eigenvalue weighted by molar-refractivity contribution is -0.122. The lowest BCUT2D eigenvalue weighted by atomic mass is 10.1. The van der Waals surface area contributed by atoms with Crippen LogP contribution < -0.4 is 5.32 Å². The highest BCUT2D eigenvalue weighted by atomic mass is 16.2. The normalized spacial score (nSPS) is 10.4. The number of carbonyl (C=O) groups excluding carboxylic acids is 2. The summed E-state index contributed by atoms with van der Waals surface area (Å²) in [7, 11) is 0. The van der Waals surface area contributed by atoms with E-state index in [9.17, 15) is 9.59 Å². The lowest BCUT2D eigenvalue weighted by Gasteiger charge is -2.21. The second-order valence-electron chi connectivity index (χ2n) is 5.09. The van der Waals surface area contributed by atoms with Crippen LogP contribution in [0, 0.1) is 0 Å². The number of hydrogen-bond donors (Lipinski definition) is 1. The molecule has 1 rings (SSSR count). The summed E-state index contributed by atoms with van der Waals surface area (Å²) >= 11 is 0. The number of benzene rings is 1. The first-order valence-electron chi connectivity index (χ1n) is 7.15. The fourth-order valence-corrected chi connectivity index (χ4v) is 1.93. The first-order valence-corrected chi connectivity index (χ1v) is 7.15. The summed E-state index contributed by atoms with van der Waals surface area (Å²) in [4.78, 5) is 25.7. The number of aryl methyl sites for hydroxylation is 1. The largest absolute Gasteiger partial charge is 0.352 e. The Morgan fingerprint density at radius 2 is 1.75 bits per heavy atom. The van der Waals surface area contributed by atoms with Crippen LogP contribution in [-0.2, 0) is 11.2 Å². The van der Waals surface area contributed by atoms with Gasteiger partial charge in [0.05, 0.1) is 6.54 Å². The lowest BCUT2D eigenvalue weighted by Crippen LogP contribution is -2.42. The van der Waals surface area contributed by atoms with E-state index in [1.165, 1.54) is 5.56 Å². The Hall–Kier alpha value is -1.84. The van der Waals surface area contributed by atoms with Crippen LogP contribution in [0.4, 0.5) is 0 Å². The van der Waals surface area contributed by atoms with Crippen LogP contribution in [0.1, 0.15) is 43.6 Å². The van der Waals surface area contributed by atoms with Crippen LogP contribution in [0.5, 0.6) is 0 Å². The number of carbonyl (C=O) groups is 2. The molecule has 20 heavy (non-hydrogen) atoms. The Kier molecular flexibility index (Phi) is 6.22. The van der Waals surface area contributed by atoms with E-state index in [4.69, 9.17) is 0 Å². The molecular formula is C16H24N2O2. The van der Waals surface area contributed by atoms with Crippen molar-refractivity contribution in [3.63, 3.8) is 0 Å². The zero-order chi connectivity index (χ0) is 15.1. The first-order chi connectivity index (χ1) is 9.47. The van der Waals surface area contributed by atoms with Crippen LogP contribution in [0.3, 0.4) is 0 Å². The topological polar surface area (TPSA) is 49.4 Å². The fourth-order valence-electron chi connectivity index (χ4n) is 1.93. The van der Waals surface area contributed by atoms with Gasteiger partial charge >= 0.3 is 0 Å². The maximum absolute atomic E-state index is 12.3. The minimum Gasteiger partial charge on any atom is -0.352 e. The van der Waals surface area contributed by atoms with E-state index < -0.39 is 0 Å². The van der Waals surface area contributed by atoms with Crippen molar-refractivity contribution < 1.29 is 9.59 Å². The highest BCUT2D eigenvalue weighted by Gasteiger charge is 2.17. The molecule has 4 nitrogen and oxygen atoms in total. The van der Waals surface area contributed by atoms with Gasteiger partial charge in [0.2, 0.25) is 5.91 Å². The monoisotopic (exact) mass is 276 g/mol. The van der Waals surface area contributed by atoms with Crippen LogP contribution in [0.25, 0.3) is 0 Å². The molecule has 0 saturated heterocycles. The van der Waals surface area contributed by atoms with E-state index in [2.05, 4.69) is 12.2 Å². The molecule has 0 heterocycles. The molecule has 0 atom stereocenters. The van der Waals surface area contributed by atoms with Gasteiger partial charge in [0.15, 0.2) is 0 Å². The molecule has 0 spiro atoms. The fraction of sp³-hybridized carbons (Fsp3) is 0.500. The van der Waals surface area contributed by atoms with Gasteiger partial charge in [-0.2, -0.15) is 0 Å². The Morgan fingerprint density at radius 3 is 2.20 bits per heavy atom. The van der Waals surface area contributed by atoms with Gasteiger partial charge in [-0.1, -0.05) is 19.1 Å². The molecule has 110 valence electrons. The van der Waals surface area contributed by atoms with Gasteiger partial charge in [-0.3, -0.25) is 9.59 Å². The van der Waals surface area contributed by atoms with E-state index >= 15 is 0 Å². The van der Waals surface area contributed by atoms with Gasteiger partial charge in [-0.05, 0) is 44.9 Å². The van der Waals surface area contributed by atoms with Gasteiger partial charge < -0.3 is 10.2 Å². The predicted octanol–water partition coefficient (Wildman–Crippen LogP) is 2.24. The number of hydrogen-bond acceptors (Lipinski definition) is 2. The number of rotatable bonds is 6. The molecule has 2 amide bonds. The summed E-state index contributed by atoms with van der Waals surface area (Å²) in [5.74, 6) is -0.227. The van der Waals surface area contributed by atoms with Gasteiger partial charge in [-0.25, -0.2) is 0 Å². The Morgan fingerprint density at radius 1 is 1.15 bits per heavy atom. The van der Waals surface area contributed by atoms with Crippen molar-refractivity contribution in [2.75, 3.05) is 13.1 Å². The third-order valence-electron chi connectivity index (χ3n) is 3.06. The molecule has 0 fully saturated rings. The third kappa shape index (κ3) is 4.68. The highest BCUT2D eigenvalue weighted by Crippen LogP contribution is 2.08. The van der Waals surface area contributed by atoms with E-state index in [0.717, 1.165) is 6.42 Å². The van der Waals surface area contributed by atoms with Crippen LogP contribution in [0.15, 0.2) is 24.3 Å². The average molecular weight is 276 g/mol. The molecule has 4 heteroatoms. The highest BCUT2D eigenvalue weighted by molar-refractivity contribution is 5.96. The maximum atomic E-state index is 12.3. The van der Waals surface area contributed by atoms with Crippen molar-refractivity contribution in [2.45, 2.75) is 40.2 Å². The Labute approximate surface area is 121 Å². The SMILES string of the molecule is CCc1ccc(C(=O)N(CC)CC(=O)NC(C)C)cc1. The second kappa shape index (κ2) is 7.68. The van der Waals surface area contributed by atoms with Crippen molar-refractivity contribution in [3.05, 3.63) is 35.4 Å². The Bertz CT molecular complexity index is 452. The average Bonchev–Trinajstić information content (AvgIpc) is 2.43. The summed E-state index contributed by atoms with van der Waals surface area (Å²) in [5.41, 5.74) is 1.82. The molecule has 1 aromatic carbocycles. The van der Waals surface area contributed by atoms with E-state index in [0.29, 0.717) is 12.1 Å². The van der Waals surface area contributed by atoms with Crippen LogP contribution in [-0.4, -0.2) is 35.8 Å². The van der Waals surface area contributed by atoms with Crippen molar-refractivity contribution >= 4 is 11.8 Å². The van der Waals surface area contributed by atoms with Gasteiger partial charge in [0, 0.05) is 18.2 Å². The zero-order valence-corrected chi connectivity index (χ0v) is 12.8. The molecular weight excluding hydrogens is 252 g/mol. The molecule has 0 saturated carbocycles. The summed E-state index contributed by atoms with van der Waals surface area (Å²) < 4.78 is 0.